The number of halogens is 1. The van der Waals surface area contributed by atoms with Gasteiger partial charge in [-0.15, -0.1) is 0 Å². The maximum absolute atomic E-state index is 13.2. The standard InChI is InChI=1S/C36H44FN5O4S/c37-32-8-6-27(7-9-32)26-41-16-14-40(15-17-41)18-19-46-20-21-47(44,45)42-12-10-29(11-13-42)34-25-39-36-31(24-35(38)43)22-30(23-33(34)36)28-4-2-1-3-5-28/h1-9,22-23,25,29,39H,10-21,24,26H2,(H2,38,43). The number of benzene rings is 3. The minimum Gasteiger partial charge on any atom is -0.379 e. The molecule has 0 spiro atoms. The van der Waals surface area contributed by atoms with Gasteiger partial charge in [-0.2, -0.15) is 0 Å². The van der Waals surface area contributed by atoms with Crippen LogP contribution in [0.2, 0.25) is 0 Å². The van der Waals surface area contributed by atoms with Gasteiger partial charge in [-0.1, -0.05) is 42.5 Å². The molecule has 4 aromatic rings. The van der Waals surface area contributed by atoms with Crippen molar-refractivity contribution in [3.8, 4) is 11.1 Å². The van der Waals surface area contributed by atoms with Gasteiger partial charge in [-0.25, -0.2) is 17.1 Å². The highest BCUT2D eigenvalue weighted by atomic mass is 32.2. The van der Waals surface area contributed by atoms with E-state index in [2.05, 4.69) is 33.0 Å². The van der Waals surface area contributed by atoms with Crippen molar-refractivity contribution in [3.63, 3.8) is 0 Å². The van der Waals surface area contributed by atoms with Crippen molar-refractivity contribution in [1.82, 2.24) is 19.1 Å². The molecular formula is C36H44FN5O4S. The predicted octanol–water partition coefficient (Wildman–Crippen LogP) is 4.35. The molecular weight excluding hydrogens is 617 g/mol. The smallest absolute Gasteiger partial charge is 0.221 e. The number of piperidine rings is 1. The topological polar surface area (TPSA) is 112 Å². The zero-order chi connectivity index (χ0) is 32.8. The normalized spacial score (nSPS) is 17.4. The lowest BCUT2D eigenvalue weighted by molar-refractivity contribution is -0.117. The van der Waals surface area contributed by atoms with Gasteiger partial charge in [0, 0.05) is 69.5 Å². The van der Waals surface area contributed by atoms with Crippen LogP contribution in [0.3, 0.4) is 0 Å². The van der Waals surface area contributed by atoms with Crippen LogP contribution in [-0.2, 0) is 32.5 Å². The van der Waals surface area contributed by atoms with E-state index in [0.29, 0.717) is 19.7 Å². The lowest BCUT2D eigenvalue weighted by atomic mass is 9.88. The molecule has 3 aromatic carbocycles. The highest BCUT2D eigenvalue weighted by molar-refractivity contribution is 7.89. The molecule has 0 unspecified atom stereocenters. The zero-order valence-electron chi connectivity index (χ0n) is 26.7. The monoisotopic (exact) mass is 661 g/mol. The summed E-state index contributed by atoms with van der Waals surface area (Å²) < 4.78 is 46.9. The lowest BCUT2D eigenvalue weighted by Crippen LogP contribution is -2.46. The number of nitrogens with one attached hydrogen (secondary N) is 1. The maximum atomic E-state index is 13.2. The van der Waals surface area contributed by atoms with E-state index in [1.54, 1.807) is 4.31 Å². The first kappa shape index (κ1) is 33.3. The number of fused-ring (bicyclic) bond motifs is 1. The number of carbonyl (C=O) groups excluding carboxylic acids is 1. The minimum atomic E-state index is -3.42. The molecule has 3 heterocycles. The van der Waals surface area contributed by atoms with Gasteiger partial charge in [0.1, 0.15) is 5.82 Å². The Kier molecular flexibility index (Phi) is 10.7. The average Bonchev–Trinajstić information content (AvgIpc) is 3.51. The number of aromatic nitrogens is 1. The number of aromatic amines is 1. The average molecular weight is 662 g/mol. The number of nitrogens with two attached hydrogens (primary N) is 1. The fraction of sp³-hybridized carbons (Fsp3) is 0.417. The first-order chi connectivity index (χ1) is 22.7. The fourth-order valence-corrected chi connectivity index (χ4v) is 8.20. The van der Waals surface area contributed by atoms with Crippen LogP contribution in [-0.4, -0.2) is 98.2 Å². The van der Waals surface area contributed by atoms with Crippen molar-refractivity contribution >= 4 is 26.8 Å². The highest BCUT2D eigenvalue weighted by Gasteiger charge is 2.30. The van der Waals surface area contributed by atoms with Crippen molar-refractivity contribution in [2.24, 2.45) is 5.73 Å². The van der Waals surface area contributed by atoms with Gasteiger partial charge < -0.3 is 15.5 Å². The van der Waals surface area contributed by atoms with Crippen molar-refractivity contribution in [2.45, 2.75) is 31.7 Å². The van der Waals surface area contributed by atoms with E-state index in [1.165, 1.54) is 12.1 Å². The number of carbonyl (C=O) groups is 1. The number of rotatable bonds is 13. The van der Waals surface area contributed by atoms with Gasteiger partial charge in [-0.3, -0.25) is 14.6 Å². The third-order valence-corrected chi connectivity index (χ3v) is 11.3. The summed E-state index contributed by atoms with van der Waals surface area (Å²) in [6, 6.07) is 20.9. The quantitative estimate of drug-likeness (QED) is 0.206. The number of hydrogen-bond acceptors (Lipinski definition) is 6. The van der Waals surface area contributed by atoms with Crippen molar-refractivity contribution in [2.75, 3.05) is 64.8 Å². The van der Waals surface area contributed by atoms with E-state index in [1.807, 2.05) is 42.6 Å². The number of hydrogen-bond donors (Lipinski definition) is 2. The molecule has 0 bridgehead atoms. The van der Waals surface area contributed by atoms with Crippen LogP contribution in [0.4, 0.5) is 4.39 Å². The molecule has 0 radical (unpaired) electrons. The summed E-state index contributed by atoms with van der Waals surface area (Å²) in [7, 11) is -3.42. The second kappa shape index (κ2) is 15.1. The van der Waals surface area contributed by atoms with E-state index in [9.17, 15) is 17.6 Å². The van der Waals surface area contributed by atoms with Crippen LogP contribution in [0, 0.1) is 5.82 Å². The molecule has 6 rings (SSSR count). The second-order valence-corrected chi connectivity index (χ2v) is 14.7. The Balaban J connectivity index is 0.963. The first-order valence-corrected chi connectivity index (χ1v) is 18.1. The Labute approximate surface area is 276 Å². The molecule has 47 heavy (non-hydrogen) atoms. The molecule has 2 saturated heterocycles. The molecule has 1 aromatic heterocycles. The lowest BCUT2D eigenvalue weighted by Gasteiger charge is -2.34. The van der Waals surface area contributed by atoms with Crippen LogP contribution in [0.5, 0.6) is 0 Å². The Morgan fingerprint density at radius 3 is 2.30 bits per heavy atom. The highest BCUT2D eigenvalue weighted by Crippen LogP contribution is 2.37. The molecule has 3 N–H and O–H groups in total. The van der Waals surface area contributed by atoms with E-state index < -0.39 is 10.0 Å². The maximum Gasteiger partial charge on any atom is 0.221 e. The van der Waals surface area contributed by atoms with Crippen LogP contribution in [0.15, 0.2) is 72.9 Å². The summed E-state index contributed by atoms with van der Waals surface area (Å²) >= 11 is 0. The summed E-state index contributed by atoms with van der Waals surface area (Å²) in [5, 5.41) is 1.06. The summed E-state index contributed by atoms with van der Waals surface area (Å²) in [5.74, 6) is -0.412. The van der Waals surface area contributed by atoms with Crippen LogP contribution < -0.4 is 5.73 Å². The van der Waals surface area contributed by atoms with Crippen LogP contribution in [0.1, 0.15) is 35.4 Å². The molecule has 9 nitrogen and oxygen atoms in total. The predicted molar refractivity (Wildman–Crippen MR) is 183 cm³/mol. The number of ether oxygens (including phenoxy) is 1. The van der Waals surface area contributed by atoms with E-state index in [0.717, 1.165) is 90.8 Å². The SMILES string of the molecule is NC(=O)Cc1cc(-c2ccccc2)cc2c(C3CCN(S(=O)(=O)CCOCCN4CCN(Cc5ccc(F)cc5)CC4)CC3)c[nH]c12. The Bertz CT molecular complexity index is 1750. The number of piperazine rings is 1. The molecule has 0 atom stereocenters. The van der Waals surface area contributed by atoms with E-state index >= 15 is 0 Å². The summed E-state index contributed by atoms with van der Waals surface area (Å²) in [6.07, 6.45) is 3.60. The number of sulfonamides is 1. The number of nitrogens with zero attached hydrogens (tertiary/aromatic N) is 3. The largest absolute Gasteiger partial charge is 0.379 e. The molecule has 11 heteroatoms. The van der Waals surface area contributed by atoms with Crippen molar-refractivity contribution < 1.29 is 22.3 Å². The van der Waals surface area contributed by atoms with Gasteiger partial charge in [-0.05, 0) is 70.8 Å². The van der Waals surface area contributed by atoms with Crippen molar-refractivity contribution in [3.05, 3.63) is 95.4 Å². The molecule has 250 valence electrons. The van der Waals surface area contributed by atoms with Gasteiger partial charge >= 0.3 is 0 Å². The Morgan fingerprint density at radius 2 is 1.60 bits per heavy atom. The third kappa shape index (κ3) is 8.46. The first-order valence-electron chi connectivity index (χ1n) is 16.5. The minimum absolute atomic E-state index is 0.0207. The molecule has 2 aliphatic heterocycles. The Hall–Kier alpha value is -3.61. The molecule has 2 aliphatic rings. The molecule has 0 aliphatic carbocycles. The van der Waals surface area contributed by atoms with Crippen LogP contribution >= 0.6 is 0 Å². The molecule has 2 fully saturated rings. The zero-order valence-corrected chi connectivity index (χ0v) is 27.6. The van der Waals surface area contributed by atoms with Gasteiger partial charge in [0.2, 0.25) is 15.9 Å². The van der Waals surface area contributed by atoms with E-state index in [-0.39, 0.29) is 36.4 Å². The summed E-state index contributed by atoms with van der Waals surface area (Å²) in [5.41, 5.74) is 11.7. The van der Waals surface area contributed by atoms with Crippen molar-refractivity contribution in [1.29, 1.82) is 0 Å². The number of amides is 1. The number of H-pyrrole nitrogens is 1. The second-order valence-electron chi connectivity index (χ2n) is 12.7. The van der Waals surface area contributed by atoms with Gasteiger partial charge in [0.25, 0.3) is 0 Å². The summed E-state index contributed by atoms with van der Waals surface area (Å²) in [4.78, 5) is 20.0. The molecule has 0 saturated carbocycles. The molecule has 1 amide bonds. The van der Waals surface area contributed by atoms with Gasteiger partial charge in [0.05, 0.1) is 25.4 Å². The summed E-state index contributed by atoms with van der Waals surface area (Å²) in [6.45, 7) is 6.92. The van der Waals surface area contributed by atoms with Gasteiger partial charge in [0.15, 0.2) is 0 Å². The van der Waals surface area contributed by atoms with Crippen LogP contribution in [0.25, 0.3) is 22.0 Å². The Morgan fingerprint density at radius 1 is 0.894 bits per heavy atom. The fourth-order valence-electron chi connectivity index (χ4n) is 6.84. The van der Waals surface area contributed by atoms with E-state index in [4.69, 9.17) is 10.5 Å². The third-order valence-electron chi connectivity index (χ3n) is 9.48. The number of primary amides is 1.